The number of nitrogen functional groups attached to an aromatic ring is 2. The topological polar surface area (TPSA) is 101 Å². The number of nitrogens with one attached hydrogen (secondary N) is 1. The first-order valence-corrected chi connectivity index (χ1v) is 5.08. The molecule has 0 unspecified atom stereocenters. The van der Waals surface area contributed by atoms with Crippen molar-refractivity contribution in [1.29, 1.82) is 0 Å². The highest BCUT2D eigenvalue weighted by Gasteiger charge is 2.14. The zero-order valence-electron chi connectivity index (χ0n) is 8.49. The zero-order chi connectivity index (χ0) is 10.8. The number of aromatic nitrogens is 2. The van der Waals surface area contributed by atoms with Crippen LogP contribution >= 0.6 is 0 Å². The number of piperidine rings is 1. The minimum Gasteiger partial charge on any atom is -0.391 e. The van der Waals surface area contributed by atoms with Crippen molar-refractivity contribution < 1.29 is 0 Å². The predicted octanol–water partition coefficient (Wildman–Crippen LogP) is -0.0754. The second-order valence-corrected chi connectivity index (χ2v) is 3.74. The minimum absolute atomic E-state index is 0.00393. The van der Waals surface area contributed by atoms with E-state index in [1.807, 2.05) is 4.90 Å². The first-order chi connectivity index (χ1) is 7.18. The molecule has 1 fully saturated rings. The van der Waals surface area contributed by atoms with E-state index in [1.165, 1.54) is 6.42 Å². The Balaban J connectivity index is 2.32. The number of hydrogen-bond donors (Lipinski definition) is 3. The van der Waals surface area contributed by atoms with E-state index in [0.717, 1.165) is 25.9 Å². The summed E-state index contributed by atoms with van der Waals surface area (Å²) in [5.74, 6) is 0.644. The number of hydrogen-bond acceptors (Lipinski definition) is 5. The summed E-state index contributed by atoms with van der Waals surface area (Å²) >= 11 is 0. The smallest absolute Gasteiger partial charge is 0.277 e. The van der Waals surface area contributed by atoms with Crippen molar-refractivity contribution >= 4 is 17.5 Å². The minimum atomic E-state index is -0.358. The monoisotopic (exact) mass is 209 g/mol. The summed E-state index contributed by atoms with van der Waals surface area (Å²) in [6, 6.07) is 0. The molecule has 6 nitrogen and oxygen atoms in total. The molecule has 2 heterocycles. The number of rotatable bonds is 1. The Hall–Kier alpha value is -1.72. The fourth-order valence-electron chi connectivity index (χ4n) is 1.74. The molecule has 1 aromatic rings. The number of nitrogens with two attached hydrogens (primary N) is 2. The van der Waals surface area contributed by atoms with Gasteiger partial charge in [0.05, 0.1) is 0 Å². The summed E-state index contributed by atoms with van der Waals surface area (Å²) in [6.45, 7) is 1.82. The molecule has 6 heteroatoms. The fourth-order valence-corrected chi connectivity index (χ4v) is 1.74. The van der Waals surface area contributed by atoms with E-state index in [2.05, 4.69) is 9.97 Å². The Morgan fingerprint density at radius 3 is 2.47 bits per heavy atom. The van der Waals surface area contributed by atoms with E-state index in [4.69, 9.17) is 11.5 Å². The van der Waals surface area contributed by atoms with Crippen molar-refractivity contribution in [3.8, 4) is 0 Å². The van der Waals surface area contributed by atoms with Gasteiger partial charge in [0.2, 0.25) is 5.95 Å². The van der Waals surface area contributed by atoms with Crippen molar-refractivity contribution in [3.05, 3.63) is 10.4 Å². The maximum atomic E-state index is 11.4. The molecule has 82 valence electrons. The van der Waals surface area contributed by atoms with Crippen LogP contribution in [0.25, 0.3) is 0 Å². The van der Waals surface area contributed by atoms with Crippen molar-refractivity contribution in [3.63, 3.8) is 0 Å². The van der Waals surface area contributed by atoms with E-state index in [1.54, 1.807) is 0 Å². The molecule has 1 aromatic heterocycles. The van der Waals surface area contributed by atoms with Crippen LogP contribution in [0.15, 0.2) is 4.79 Å². The molecule has 0 aliphatic carbocycles. The van der Waals surface area contributed by atoms with Crippen molar-refractivity contribution in [2.75, 3.05) is 29.5 Å². The number of H-pyrrole nitrogens is 1. The quantitative estimate of drug-likeness (QED) is 0.600. The first-order valence-electron chi connectivity index (χ1n) is 5.08. The van der Waals surface area contributed by atoms with Crippen molar-refractivity contribution in [2.24, 2.45) is 0 Å². The van der Waals surface area contributed by atoms with Gasteiger partial charge in [-0.05, 0) is 19.3 Å². The highest BCUT2D eigenvalue weighted by atomic mass is 16.1. The maximum Gasteiger partial charge on any atom is 0.277 e. The Morgan fingerprint density at radius 2 is 1.87 bits per heavy atom. The van der Waals surface area contributed by atoms with Crippen LogP contribution in [0.3, 0.4) is 0 Å². The number of anilines is 3. The molecule has 0 amide bonds. The van der Waals surface area contributed by atoms with Gasteiger partial charge in [-0.2, -0.15) is 4.98 Å². The van der Waals surface area contributed by atoms with Gasteiger partial charge in [0.15, 0.2) is 5.82 Å². The summed E-state index contributed by atoms with van der Waals surface area (Å²) in [7, 11) is 0. The second-order valence-electron chi connectivity index (χ2n) is 3.74. The predicted molar refractivity (Wildman–Crippen MR) is 59.7 cm³/mol. The zero-order valence-corrected chi connectivity index (χ0v) is 8.49. The van der Waals surface area contributed by atoms with Crippen molar-refractivity contribution in [2.45, 2.75) is 19.3 Å². The summed E-state index contributed by atoms with van der Waals surface area (Å²) in [6.07, 6.45) is 3.47. The molecular formula is C9H15N5O. The SMILES string of the molecule is Nc1nc(N2CCCCC2)[nH]c(=O)c1N. The van der Waals surface area contributed by atoms with Gasteiger partial charge in [-0.15, -0.1) is 0 Å². The van der Waals surface area contributed by atoms with E-state index < -0.39 is 0 Å². The average Bonchev–Trinajstić information content (AvgIpc) is 2.26. The van der Waals surface area contributed by atoms with E-state index >= 15 is 0 Å². The molecule has 5 N–H and O–H groups in total. The van der Waals surface area contributed by atoms with Gasteiger partial charge in [0, 0.05) is 13.1 Å². The molecule has 1 saturated heterocycles. The standard InChI is InChI=1S/C9H15N5O/c10-6-7(11)12-9(13-8(6)15)14-4-2-1-3-5-14/h1-5,10H2,(H3,11,12,13,15). The van der Waals surface area contributed by atoms with Gasteiger partial charge in [-0.3, -0.25) is 9.78 Å². The normalized spacial score (nSPS) is 16.7. The summed E-state index contributed by atoms with van der Waals surface area (Å²) in [4.78, 5) is 20.1. The molecule has 1 aliphatic rings. The van der Waals surface area contributed by atoms with Gasteiger partial charge in [0.25, 0.3) is 5.56 Å². The number of aromatic amines is 1. The lowest BCUT2D eigenvalue weighted by Gasteiger charge is -2.27. The van der Waals surface area contributed by atoms with Crippen LogP contribution in [0.2, 0.25) is 0 Å². The molecule has 0 saturated carbocycles. The first kappa shape index (κ1) is 9.82. The average molecular weight is 209 g/mol. The highest BCUT2D eigenvalue weighted by molar-refractivity contribution is 5.58. The highest BCUT2D eigenvalue weighted by Crippen LogP contribution is 2.16. The molecule has 1 aliphatic heterocycles. The maximum absolute atomic E-state index is 11.4. The lowest BCUT2D eigenvalue weighted by Crippen LogP contribution is -2.33. The third-order valence-electron chi connectivity index (χ3n) is 2.63. The van der Waals surface area contributed by atoms with Crippen LogP contribution in [0, 0.1) is 0 Å². The van der Waals surface area contributed by atoms with Crippen molar-refractivity contribution in [1.82, 2.24) is 9.97 Å². The van der Waals surface area contributed by atoms with E-state index in [-0.39, 0.29) is 17.1 Å². The third kappa shape index (κ3) is 1.88. The summed E-state index contributed by atoms with van der Waals surface area (Å²) in [5, 5.41) is 0. The van der Waals surface area contributed by atoms with Crippen LogP contribution in [0.4, 0.5) is 17.5 Å². The largest absolute Gasteiger partial charge is 0.391 e. The Labute approximate surface area is 87.3 Å². The van der Waals surface area contributed by atoms with E-state index in [9.17, 15) is 4.79 Å². The molecule has 15 heavy (non-hydrogen) atoms. The van der Waals surface area contributed by atoms with Crippen LogP contribution < -0.4 is 21.9 Å². The molecule has 0 bridgehead atoms. The summed E-state index contributed by atoms with van der Waals surface area (Å²) in [5.41, 5.74) is 10.6. The van der Waals surface area contributed by atoms with Gasteiger partial charge in [-0.1, -0.05) is 0 Å². The third-order valence-corrected chi connectivity index (χ3v) is 2.63. The van der Waals surface area contributed by atoms with Crippen LogP contribution in [0.1, 0.15) is 19.3 Å². The van der Waals surface area contributed by atoms with E-state index in [0.29, 0.717) is 5.95 Å². The molecule has 0 aromatic carbocycles. The van der Waals surface area contributed by atoms with Gasteiger partial charge in [0.1, 0.15) is 5.69 Å². The van der Waals surface area contributed by atoms with Gasteiger partial charge >= 0.3 is 0 Å². The Morgan fingerprint density at radius 1 is 1.20 bits per heavy atom. The molecule has 0 spiro atoms. The van der Waals surface area contributed by atoms with Crippen LogP contribution in [-0.4, -0.2) is 23.1 Å². The molecule has 0 radical (unpaired) electrons. The van der Waals surface area contributed by atoms with Crippen LogP contribution in [-0.2, 0) is 0 Å². The fraction of sp³-hybridized carbons (Fsp3) is 0.556. The molecule has 0 atom stereocenters. The number of nitrogens with zero attached hydrogens (tertiary/aromatic N) is 2. The Bertz CT molecular complexity index is 407. The summed E-state index contributed by atoms with van der Waals surface area (Å²) < 4.78 is 0. The lowest BCUT2D eigenvalue weighted by molar-refractivity contribution is 0.568. The van der Waals surface area contributed by atoms with Gasteiger partial charge < -0.3 is 16.4 Å². The van der Waals surface area contributed by atoms with Crippen LogP contribution in [0.5, 0.6) is 0 Å². The molecular weight excluding hydrogens is 194 g/mol. The lowest BCUT2D eigenvalue weighted by atomic mass is 10.1. The Kier molecular flexibility index (Phi) is 2.49. The molecule has 2 rings (SSSR count). The second kappa shape index (κ2) is 3.80. The van der Waals surface area contributed by atoms with Gasteiger partial charge in [-0.25, -0.2) is 0 Å².